The molecule has 6 heteroatoms. The maximum absolute atomic E-state index is 12.0. The summed E-state index contributed by atoms with van der Waals surface area (Å²) in [6.07, 6.45) is 0.685. The molecular formula is C19H23ClN2O3. The van der Waals surface area contributed by atoms with E-state index in [2.05, 4.69) is 10.6 Å². The summed E-state index contributed by atoms with van der Waals surface area (Å²) in [5.41, 5.74) is 2.69. The highest BCUT2D eigenvalue weighted by molar-refractivity contribution is 6.31. The fraction of sp³-hybridized carbons (Fsp3) is 0.316. The zero-order valence-corrected chi connectivity index (χ0v) is 15.4. The van der Waals surface area contributed by atoms with Gasteiger partial charge in [0.25, 0.3) is 0 Å². The number of carbonyl (C=O) groups excluding carboxylic acids is 1. The van der Waals surface area contributed by atoms with Crippen LogP contribution in [0.3, 0.4) is 0 Å². The zero-order chi connectivity index (χ0) is 18.2. The molecule has 2 N–H and O–H groups in total. The van der Waals surface area contributed by atoms with E-state index in [-0.39, 0.29) is 6.03 Å². The molecule has 2 rings (SSSR count). The van der Waals surface area contributed by atoms with E-state index in [0.29, 0.717) is 36.0 Å². The van der Waals surface area contributed by atoms with Crippen molar-refractivity contribution in [3.05, 3.63) is 52.5 Å². The van der Waals surface area contributed by atoms with E-state index >= 15 is 0 Å². The Bertz CT molecular complexity index is 735. The third-order valence-electron chi connectivity index (χ3n) is 3.66. The molecule has 0 aromatic heterocycles. The maximum atomic E-state index is 12.0. The number of anilines is 1. The lowest BCUT2D eigenvalue weighted by molar-refractivity contribution is 0.252. The van der Waals surface area contributed by atoms with Gasteiger partial charge >= 0.3 is 6.03 Å². The molecule has 0 heterocycles. The lowest BCUT2D eigenvalue weighted by Gasteiger charge is -2.12. The highest BCUT2D eigenvalue weighted by Gasteiger charge is 2.07. The average molecular weight is 363 g/mol. The molecule has 0 unspecified atom stereocenters. The Labute approximate surface area is 153 Å². The molecule has 0 atom stereocenters. The number of nitrogens with one attached hydrogen (secondary N) is 2. The van der Waals surface area contributed by atoms with E-state index in [1.165, 1.54) is 0 Å². The SMILES string of the molecule is CCOc1ccc(CCNC(=O)Nc2ccc(C)c(Cl)c2)cc1OC. The minimum absolute atomic E-state index is 0.266. The van der Waals surface area contributed by atoms with E-state index in [0.717, 1.165) is 16.9 Å². The minimum atomic E-state index is -0.266. The Balaban J connectivity index is 1.85. The van der Waals surface area contributed by atoms with Crippen LogP contribution in [-0.4, -0.2) is 26.3 Å². The summed E-state index contributed by atoms with van der Waals surface area (Å²) in [7, 11) is 1.61. The fourth-order valence-corrected chi connectivity index (χ4v) is 2.49. The van der Waals surface area contributed by atoms with Crippen LogP contribution in [0.1, 0.15) is 18.1 Å². The van der Waals surface area contributed by atoms with Crippen LogP contribution in [0.4, 0.5) is 10.5 Å². The first-order chi connectivity index (χ1) is 12.0. The van der Waals surface area contributed by atoms with Crippen molar-refractivity contribution in [3.8, 4) is 11.5 Å². The molecule has 0 fully saturated rings. The maximum Gasteiger partial charge on any atom is 0.319 e. The Hall–Kier alpha value is -2.40. The van der Waals surface area contributed by atoms with Crippen LogP contribution in [0.2, 0.25) is 5.02 Å². The largest absolute Gasteiger partial charge is 0.493 e. The highest BCUT2D eigenvalue weighted by atomic mass is 35.5. The van der Waals surface area contributed by atoms with Crippen molar-refractivity contribution in [1.82, 2.24) is 5.32 Å². The third-order valence-corrected chi connectivity index (χ3v) is 4.06. The van der Waals surface area contributed by atoms with Gasteiger partial charge in [0.05, 0.1) is 13.7 Å². The van der Waals surface area contributed by atoms with Crippen LogP contribution in [-0.2, 0) is 6.42 Å². The van der Waals surface area contributed by atoms with E-state index in [4.69, 9.17) is 21.1 Å². The summed E-state index contributed by atoms with van der Waals surface area (Å²) in [6.45, 7) is 4.93. The molecule has 0 aliphatic carbocycles. The Morgan fingerprint density at radius 2 is 1.96 bits per heavy atom. The molecule has 0 saturated carbocycles. The predicted octanol–water partition coefficient (Wildman–Crippen LogP) is 4.42. The van der Waals surface area contributed by atoms with Crippen molar-refractivity contribution in [2.75, 3.05) is 25.6 Å². The quantitative estimate of drug-likeness (QED) is 0.766. The van der Waals surface area contributed by atoms with Gasteiger partial charge in [0.2, 0.25) is 0 Å². The second-order valence-corrected chi connectivity index (χ2v) is 5.92. The summed E-state index contributed by atoms with van der Waals surface area (Å²) < 4.78 is 10.8. The Morgan fingerprint density at radius 3 is 2.64 bits per heavy atom. The van der Waals surface area contributed by atoms with Crippen LogP contribution >= 0.6 is 11.6 Å². The summed E-state index contributed by atoms with van der Waals surface area (Å²) in [4.78, 5) is 12.0. The van der Waals surface area contributed by atoms with Crippen molar-refractivity contribution < 1.29 is 14.3 Å². The molecule has 0 radical (unpaired) electrons. The molecule has 2 aromatic rings. The van der Waals surface area contributed by atoms with Gasteiger partial charge in [-0.3, -0.25) is 0 Å². The van der Waals surface area contributed by atoms with E-state index in [1.54, 1.807) is 13.2 Å². The summed E-state index contributed by atoms with van der Waals surface area (Å²) in [5, 5.41) is 6.22. The normalized spacial score (nSPS) is 10.2. The molecule has 0 spiro atoms. The molecule has 2 amide bonds. The number of hydrogen-bond donors (Lipinski definition) is 2. The van der Waals surface area contributed by atoms with Crippen molar-refractivity contribution in [2.45, 2.75) is 20.3 Å². The van der Waals surface area contributed by atoms with E-state index in [9.17, 15) is 4.79 Å². The van der Waals surface area contributed by atoms with Crippen LogP contribution in [0, 0.1) is 6.92 Å². The van der Waals surface area contributed by atoms with Crippen molar-refractivity contribution in [3.63, 3.8) is 0 Å². The zero-order valence-electron chi connectivity index (χ0n) is 14.7. The number of carbonyl (C=O) groups is 1. The molecule has 5 nitrogen and oxygen atoms in total. The Kier molecular flexibility index (Phi) is 6.95. The predicted molar refractivity (Wildman–Crippen MR) is 101 cm³/mol. The standard InChI is InChI=1S/C19H23ClN2O3/c1-4-25-17-8-6-14(11-18(17)24-3)9-10-21-19(23)22-15-7-5-13(2)16(20)12-15/h5-8,11-12H,4,9-10H2,1-3H3,(H2,21,22,23). The molecule has 134 valence electrons. The summed E-state index contributed by atoms with van der Waals surface area (Å²) in [5.74, 6) is 1.41. The van der Waals surface area contributed by atoms with Gasteiger partial charge in [0, 0.05) is 17.3 Å². The van der Waals surface area contributed by atoms with Gasteiger partial charge in [-0.15, -0.1) is 0 Å². The highest BCUT2D eigenvalue weighted by Crippen LogP contribution is 2.28. The number of benzene rings is 2. The number of aryl methyl sites for hydroxylation is 1. The van der Waals surface area contributed by atoms with Gasteiger partial charge in [-0.2, -0.15) is 0 Å². The van der Waals surface area contributed by atoms with Gasteiger partial charge in [-0.05, 0) is 55.7 Å². The van der Waals surface area contributed by atoms with Crippen molar-refractivity contribution in [1.29, 1.82) is 0 Å². The molecule has 25 heavy (non-hydrogen) atoms. The molecule has 2 aromatic carbocycles. The number of amides is 2. The number of ether oxygens (including phenoxy) is 2. The number of rotatable bonds is 7. The van der Waals surface area contributed by atoms with Crippen molar-refractivity contribution >= 4 is 23.3 Å². The number of hydrogen-bond acceptors (Lipinski definition) is 3. The summed E-state index contributed by atoms with van der Waals surface area (Å²) in [6, 6.07) is 10.9. The van der Waals surface area contributed by atoms with Gasteiger partial charge in [-0.1, -0.05) is 23.7 Å². The number of methoxy groups -OCH3 is 1. The number of urea groups is 1. The van der Waals surface area contributed by atoms with Gasteiger partial charge in [0.15, 0.2) is 11.5 Å². The molecule has 0 saturated heterocycles. The lowest BCUT2D eigenvalue weighted by Crippen LogP contribution is -2.30. The lowest BCUT2D eigenvalue weighted by atomic mass is 10.1. The van der Waals surface area contributed by atoms with E-state index < -0.39 is 0 Å². The first kappa shape index (κ1) is 18.9. The molecule has 0 aliphatic heterocycles. The molecule has 0 bridgehead atoms. The van der Waals surface area contributed by atoms with E-state index in [1.807, 2.05) is 44.2 Å². The fourth-order valence-electron chi connectivity index (χ4n) is 2.31. The van der Waals surface area contributed by atoms with Crippen LogP contribution < -0.4 is 20.1 Å². The molecular weight excluding hydrogens is 340 g/mol. The summed E-state index contributed by atoms with van der Waals surface area (Å²) >= 11 is 6.05. The topological polar surface area (TPSA) is 59.6 Å². The third kappa shape index (κ3) is 5.57. The van der Waals surface area contributed by atoms with Gasteiger partial charge < -0.3 is 20.1 Å². The number of halogens is 1. The second-order valence-electron chi connectivity index (χ2n) is 5.51. The van der Waals surface area contributed by atoms with Gasteiger partial charge in [-0.25, -0.2) is 4.79 Å². The minimum Gasteiger partial charge on any atom is -0.493 e. The average Bonchev–Trinajstić information content (AvgIpc) is 2.59. The Morgan fingerprint density at radius 1 is 1.16 bits per heavy atom. The second kappa shape index (κ2) is 9.18. The monoisotopic (exact) mass is 362 g/mol. The first-order valence-corrected chi connectivity index (χ1v) is 8.52. The smallest absolute Gasteiger partial charge is 0.319 e. The first-order valence-electron chi connectivity index (χ1n) is 8.14. The van der Waals surface area contributed by atoms with Crippen LogP contribution in [0.15, 0.2) is 36.4 Å². The van der Waals surface area contributed by atoms with Crippen molar-refractivity contribution in [2.24, 2.45) is 0 Å². The van der Waals surface area contributed by atoms with Crippen LogP contribution in [0.5, 0.6) is 11.5 Å². The van der Waals surface area contributed by atoms with Gasteiger partial charge in [0.1, 0.15) is 0 Å². The van der Waals surface area contributed by atoms with Crippen LogP contribution in [0.25, 0.3) is 0 Å². The molecule has 0 aliphatic rings.